The van der Waals surface area contributed by atoms with Gasteiger partial charge in [-0.1, -0.05) is 29.8 Å². The molecule has 3 nitrogen and oxygen atoms in total. The first-order chi connectivity index (χ1) is 9.66. The van der Waals surface area contributed by atoms with E-state index in [4.69, 9.17) is 16.7 Å². The molecule has 0 aliphatic carbocycles. The van der Waals surface area contributed by atoms with E-state index in [1.54, 1.807) is 0 Å². The Morgan fingerprint density at radius 3 is 2.60 bits per heavy atom. The summed E-state index contributed by atoms with van der Waals surface area (Å²) in [6.45, 7) is 2.91. The first-order valence-electron chi connectivity index (χ1n) is 7.35. The summed E-state index contributed by atoms with van der Waals surface area (Å²) in [5.41, 5.74) is 1.22. The number of halogens is 1. The van der Waals surface area contributed by atoms with Crippen molar-refractivity contribution in [3.63, 3.8) is 0 Å². The maximum Gasteiger partial charge on any atom is 0.306 e. The lowest BCUT2D eigenvalue weighted by Crippen LogP contribution is -2.36. The van der Waals surface area contributed by atoms with Crippen molar-refractivity contribution in [3.8, 4) is 0 Å². The second kappa shape index (κ2) is 7.65. The molecule has 0 bridgehead atoms. The number of benzene rings is 1. The number of carbonyl (C=O) groups is 1. The Labute approximate surface area is 125 Å². The van der Waals surface area contributed by atoms with Gasteiger partial charge < -0.3 is 10.0 Å². The van der Waals surface area contributed by atoms with Crippen LogP contribution in [0.5, 0.6) is 0 Å². The summed E-state index contributed by atoms with van der Waals surface area (Å²) in [4.78, 5) is 13.3. The average molecular weight is 296 g/mol. The van der Waals surface area contributed by atoms with Crippen LogP contribution in [0, 0.1) is 5.92 Å². The number of carboxylic acids is 1. The van der Waals surface area contributed by atoms with E-state index < -0.39 is 5.97 Å². The minimum atomic E-state index is -0.636. The number of carboxylic acid groups (broad SMARTS) is 1. The van der Waals surface area contributed by atoms with Gasteiger partial charge >= 0.3 is 5.97 Å². The van der Waals surface area contributed by atoms with Crippen LogP contribution in [0.25, 0.3) is 0 Å². The first-order valence-corrected chi connectivity index (χ1v) is 7.73. The third kappa shape index (κ3) is 4.50. The Morgan fingerprint density at radius 2 is 1.95 bits per heavy atom. The summed E-state index contributed by atoms with van der Waals surface area (Å²) in [6.07, 6.45) is 4.87. The van der Waals surface area contributed by atoms with Gasteiger partial charge in [0.1, 0.15) is 0 Å². The van der Waals surface area contributed by atoms with Crippen LogP contribution in [-0.2, 0) is 11.2 Å². The van der Waals surface area contributed by atoms with Crippen molar-refractivity contribution in [2.24, 2.45) is 5.92 Å². The van der Waals surface area contributed by atoms with E-state index in [0.29, 0.717) is 0 Å². The molecule has 0 aromatic heterocycles. The van der Waals surface area contributed by atoms with Crippen LogP contribution in [0.2, 0.25) is 5.02 Å². The predicted molar refractivity (Wildman–Crippen MR) is 81.2 cm³/mol. The highest BCUT2D eigenvalue weighted by molar-refractivity contribution is 6.31. The molecule has 2 rings (SSSR count). The third-order valence-electron chi connectivity index (χ3n) is 4.07. The largest absolute Gasteiger partial charge is 0.481 e. The minimum absolute atomic E-state index is 0.130. The van der Waals surface area contributed by atoms with E-state index in [-0.39, 0.29) is 5.92 Å². The molecule has 1 fully saturated rings. The molecule has 110 valence electrons. The maximum absolute atomic E-state index is 10.9. The van der Waals surface area contributed by atoms with Crippen molar-refractivity contribution in [1.82, 2.24) is 4.90 Å². The highest BCUT2D eigenvalue weighted by Crippen LogP contribution is 2.19. The van der Waals surface area contributed by atoms with Crippen LogP contribution >= 0.6 is 11.6 Å². The van der Waals surface area contributed by atoms with Gasteiger partial charge in [-0.15, -0.1) is 0 Å². The zero-order valence-electron chi connectivity index (χ0n) is 11.7. The molecular formula is C16H22ClNO2. The molecule has 4 heteroatoms. The van der Waals surface area contributed by atoms with Crippen LogP contribution in [0.3, 0.4) is 0 Å². The summed E-state index contributed by atoms with van der Waals surface area (Å²) < 4.78 is 0. The van der Waals surface area contributed by atoms with E-state index >= 15 is 0 Å². The van der Waals surface area contributed by atoms with Crippen molar-refractivity contribution >= 4 is 17.6 Å². The van der Waals surface area contributed by atoms with Crippen LogP contribution in [0.1, 0.15) is 31.2 Å². The lowest BCUT2D eigenvalue weighted by molar-refractivity contribution is -0.143. The predicted octanol–water partition coefficient (Wildman–Crippen LogP) is 3.46. The third-order valence-corrected chi connectivity index (χ3v) is 4.43. The van der Waals surface area contributed by atoms with Gasteiger partial charge in [-0.05, 0) is 63.4 Å². The minimum Gasteiger partial charge on any atom is -0.481 e. The molecule has 20 heavy (non-hydrogen) atoms. The molecule has 0 saturated carbocycles. The quantitative estimate of drug-likeness (QED) is 0.817. The van der Waals surface area contributed by atoms with Gasteiger partial charge in [-0.3, -0.25) is 4.79 Å². The number of unbranched alkanes of at least 4 members (excludes halogenated alkanes) is 1. The Hall–Kier alpha value is -1.06. The molecule has 0 atom stereocenters. The fourth-order valence-corrected chi connectivity index (χ4v) is 2.99. The van der Waals surface area contributed by atoms with Crippen molar-refractivity contribution in [1.29, 1.82) is 0 Å². The Balaban J connectivity index is 1.63. The molecule has 1 aliphatic heterocycles. The van der Waals surface area contributed by atoms with Crippen LogP contribution in [0.4, 0.5) is 0 Å². The number of nitrogens with zero attached hydrogens (tertiary/aromatic N) is 1. The van der Waals surface area contributed by atoms with Gasteiger partial charge in [-0.2, -0.15) is 0 Å². The number of aliphatic carboxylic acids is 1. The van der Waals surface area contributed by atoms with Crippen molar-refractivity contribution in [2.45, 2.75) is 32.1 Å². The number of aryl methyl sites for hydroxylation is 1. The van der Waals surface area contributed by atoms with E-state index in [1.807, 2.05) is 18.2 Å². The van der Waals surface area contributed by atoms with Gasteiger partial charge in [0.15, 0.2) is 0 Å². The normalized spacial score (nSPS) is 17.2. The lowest BCUT2D eigenvalue weighted by atomic mass is 9.97. The monoisotopic (exact) mass is 295 g/mol. The van der Waals surface area contributed by atoms with Gasteiger partial charge in [0.25, 0.3) is 0 Å². The van der Waals surface area contributed by atoms with Crippen LogP contribution < -0.4 is 0 Å². The molecule has 1 heterocycles. The summed E-state index contributed by atoms with van der Waals surface area (Å²) in [7, 11) is 0. The summed E-state index contributed by atoms with van der Waals surface area (Å²) in [5.74, 6) is -0.766. The van der Waals surface area contributed by atoms with Gasteiger partial charge in [0.05, 0.1) is 5.92 Å². The molecule has 1 aliphatic rings. The summed E-state index contributed by atoms with van der Waals surface area (Å²) in [6, 6.07) is 8.00. The second-order valence-corrected chi connectivity index (χ2v) is 5.91. The second-order valence-electron chi connectivity index (χ2n) is 5.50. The highest BCUT2D eigenvalue weighted by Gasteiger charge is 2.23. The zero-order chi connectivity index (χ0) is 14.4. The Morgan fingerprint density at radius 1 is 1.25 bits per heavy atom. The van der Waals surface area contributed by atoms with E-state index in [0.717, 1.165) is 56.8 Å². The summed E-state index contributed by atoms with van der Waals surface area (Å²) in [5, 5.41) is 9.82. The van der Waals surface area contributed by atoms with E-state index in [9.17, 15) is 4.79 Å². The zero-order valence-corrected chi connectivity index (χ0v) is 12.5. The molecule has 0 spiro atoms. The average Bonchev–Trinajstić information content (AvgIpc) is 2.46. The number of likely N-dealkylation sites (tertiary alicyclic amines) is 1. The molecular weight excluding hydrogens is 274 g/mol. The number of hydrogen-bond donors (Lipinski definition) is 1. The van der Waals surface area contributed by atoms with Gasteiger partial charge in [-0.25, -0.2) is 0 Å². The maximum atomic E-state index is 10.9. The molecule has 0 radical (unpaired) electrons. The van der Waals surface area contributed by atoms with E-state index in [1.165, 1.54) is 5.56 Å². The molecule has 1 aromatic carbocycles. The standard InChI is InChI=1S/C16H22ClNO2/c17-15-7-2-1-5-13(15)6-3-4-10-18-11-8-14(9-12-18)16(19)20/h1-2,5,7,14H,3-4,6,8-12H2,(H,19,20). The fraction of sp³-hybridized carbons (Fsp3) is 0.562. The van der Waals surface area contributed by atoms with Crippen molar-refractivity contribution < 1.29 is 9.90 Å². The van der Waals surface area contributed by atoms with Gasteiger partial charge in [0, 0.05) is 5.02 Å². The topological polar surface area (TPSA) is 40.5 Å². The molecule has 1 saturated heterocycles. The Kier molecular flexibility index (Phi) is 5.86. The SMILES string of the molecule is O=C(O)C1CCN(CCCCc2ccccc2Cl)CC1. The molecule has 1 N–H and O–H groups in total. The lowest BCUT2D eigenvalue weighted by Gasteiger charge is -2.29. The van der Waals surface area contributed by atoms with Crippen LogP contribution in [-0.4, -0.2) is 35.6 Å². The highest BCUT2D eigenvalue weighted by atomic mass is 35.5. The molecule has 0 unspecified atom stereocenters. The molecule has 1 aromatic rings. The number of piperidine rings is 1. The Bertz CT molecular complexity index is 442. The first kappa shape index (κ1) is 15.3. The van der Waals surface area contributed by atoms with Crippen LogP contribution in [0.15, 0.2) is 24.3 Å². The molecule has 0 amide bonds. The summed E-state index contributed by atoms with van der Waals surface area (Å²) >= 11 is 6.13. The smallest absolute Gasteiger partial charge is 0.306 e. The number of rotatable bonds is 6. The van der Waals surface area contributed by atoms with E-state index in [2.05, 4.69) is 11.0 Å². The number of hydrogen-bond acceptors (Lipinski definition) is 2. The fourth-order valence-electron chi connectivity index (χ4n) is 2.76. The van der Waals surface area contributed by atoms with Crippen molar-refractivity contribution in [2.75, 3.05) is 19.6 Å². The van der Waals surface area contributed by atoms with Gasteiger partial charge in [0.2, 0.25) is 0 Å². The van der Waals surface area contributed by atoms with Crippen molar-refractivity contribution in [3.05, 3.63) is 34.9 Å².